The van der Waals surface area contributed by atoms with Gasteiger partial charge in [0.25, 0.3) is 17.4 Å². The van der Waals surface area contributed by atoms with Crippen molar-refractivity contribution >= 4 is 29.2 Å². The van der Waals surface area contributed by atoms with Gasteiger partial charge < -0.3 is 25.0 Å². The number of piperidine rings is 1. The fourth-order valence-electron chi connectivity index (χ4n) is 5.94. The van der Waals surface area contributed by atoms with Crippen molar-refractivity contribution in [2.24, 2.45) is 11.3 Å². The number of rotatable bonds is 8. The molecule has 1 spiro atoms. The summed E-state index contributed by atoms with van der Waals surface area (Å²) < 4.78 is 47.3. The highest BCUT2D eigenvalue weighted by Gasteiger charge is 2.62. The minimum absolute atomic E-state index is 0.0549. The van der Waals surface area contributed by atoms with Crippen LogP contribution in [-0.2, 0) is 10.4 Å². The van der Waals surface area contributed by atoms with E-state index in [1.165, 1.54) is 33.3 Å². The van der Waals surface area contributed by atoms with E-state index in [-0.39, 0.29) is 34.7 Å². The van der Waals surface area contributed by atoms with Crippen LogP contribution in [0.25, 0.3) is 0 Å². The summed E-state index contributed by atoms with van der Waals surface area (Å²) in [4.78, 5) is 32.5. The molecule has 2 aromatic rings. The normalized spacial score (nSPS) is 19.9. The molecule has 2 fully saturated rings. The lowest BCUT2D eigenvalue weighted by molar-refractivity contribution is -0.261. The molecule has 8 nitrogen and oxygen atoms in total. The number of carbonyl (C=O) groups excluding carboxylic acids is 2. The van der Waals surface area contributed by atoms with Crippen LogP contribution in [0.3, 0.4) is 0 Å². The molecule has 2 atom stereocenters. The highest BCUT2D eigenvalue weighted by molar-refractivity contribution is 6.32. The van der Waals surface area contributed by atoms with Crippen molar-refractivity contribution in [3.05, 3.63) is 52.7 Å². The number of nitrogens with zero attached hydrogens (tertiary/aromatic N) is 3. The van der Waals surface area contributed by atoms with Crippen LogP contribution in [0.5, 0.6) is 5.75 Å². The van der Waals surface area contributed by atoms with Gasteiger partial charge in [-0.05, 0) is 67.7 Å². The first-order valence-corrected chi connectivity index (χ1v) is 13.6. The van der Waals surface area contributed by atoms with E-state index >= 15 is 0 Å². The van der Waals surface area contributed by atoms with Crippen LogP contribution in [0.2, 0.25) is 5.15 Å². The van der Waals surface area contributed by atoms with Gasteiger partial charge in [0, 0.05) is 39.3 Å². The molecule has 2 heterocycles. The number of aliphatic hydroxyl groups is 1. The lowest BCUT2D eigenvalue weighted by atomic mass is 9.54. The molecular weight excluding hydrogens is 549 g/mol. The summed E-state index contributed by atoms with van der Waals surface area (Å²) in [5.74, 6) is -0.664. The molecule has 1 saturated heterocycles. The average molecular weight is 583 g/mol. The molecule has 40 heavy (non-hydrogen) atoms. The van der Waals surface area contributed by atoms with Crippen LogP contribution < -0.4 is 15.0 Å². The van der Waals surface area contributed by atoms with Gasteiger partial charge in [0.1, 0.15) is 16.7 Å². The monoisotopic (exact) mass is 582 g/mol. The third-order valence-electron chi connectivity index (χ3n) is 8.61. The Hall–Kier alpha value is -3.05. The van der Waals surface area contributed by atoms with Gasteiger partial charge in [0.05, 0.1) is 12.7 Å². The summed E-state index contributed by atoms with van der Waals surface area (Å²) in [7, 11) is 4.12. The van der Waals surface area contributed by atoms with Crippen LogP contribution in [0, 0.1) is 11.3 Å². The smallest absolute Gasteiger partial charge is 0.430 e. The summed E-state index contributed by atoms with van der Waals surface area (Å²) in [6.07, 6.45) is -0.968. The van der Waals surface area contributed by atoms with E-state index in [1.807, 2.05) is 0 Å². The van der Waals surface area contributed by atoms with Crippen molar-refractivity contribution in [3.63, 3.8) is 0 Å². The summed E-state index contributed by atoms with van der Waals surface area (Å²) >= 11 is 6.23. The van der Waals surface area contributed by atoms with Crippen molar-refractivity contribution in [2.75, 3.05) is 45.7 Å². The molecule has 2 aliphatic rings. The number of anilines is 1. The lowest BCUT2D eigenvalue weighted by Gasteiger charge is -2.54. The van der Waals surface area contributed by atoms with Crippen LogP contribution >= 0.6 is 11.6 Å². The van der Waals surface area contributed by atoms with Gasteiger partial charge in [-0.25, -0.2) is 4.98 Å². The molecule has 1 aromatic heterocycles. The van der Waals surface area contributed by atoms with E-state index in [0.717, 1.165) is 55.8 Å². The Labute approximate surface area is 236 Å². The Morgan fingerprint density at radius 1 is 1.23 bits per heavy atom. The Balaban J connectivity index is 1.38. The third-order valence-corrected chi connectivity index (χ3v) is 8.90. The van der Waals surface area contributed by atoms with Crippen molar-refractivity contribution in [2.45, 2.75) is 43.9 Å². The van der Waals surface area contributed by atoms with Crippen molar-refractivity contribution in [1.29, 1.82) is 0 Å². The number of hydrogen-bond acceptors (Lipinski definition) is 6. The van der Waals surface area contributed by atoms with Gasteiger partial charge >= 0.3 is 6.18 Å². The third kappa shape index (κ3) is 5.45. The first kappa shape index (κ1) is 29.9. The van der Waals surface area contributed by atoms with Gasteiger partial charge in [-0.1, -0.05) is 23.7 Å². The summed E-state index contributed by atoms with van der Waals surface area (Å²) in [5.41, 5.74) is -3.90. The van der Waals surface area contributed by atoms with Crippen LogP contribution in [0.4, 0.5) is 19.0 Å². The van der Waals surface area contributed by atoms with Gasteiger partial charge in [0.15, 0.2) is 0 Å². The van der Waals surface area contributed by atoms with Gasteiger partial charge in [-0.15, -0.1) is 0 Å². The topological polar surface area (TPSA) is 95.0 Å². The van der Waals surface area contributed by atoms with E-state index in [1.54, 1.807) is 12.1 Å². The Kier molecular flexibility index (Phi) is 8.56. The summed E-state index contributed by atoms with van der Waals surface area (Å²) in [6, 6.07) is 8.29. The van der Waals surface area contributed by atoms with Gasteiger partial charge in [-0.2, -0.15) is 13.2 Å². The molecule has 1 aliphatic heterocycles. The van der Waals surface area contributed by atoms with Gasteiger partial charge in [-0.3, -0.25) is 9.59 Å². The molecule has 1 aliphatic carbocycles. The number of nitrogens with one attached hydrogen (secondary N) is 1. The fourth-order valence-corrected chi connectivity index (χ4v) is 6.17. The number of halogens is 4. The van der Waals surface area contributed by atoms with Crippen LogP contribution in [0.1, 0.15) is 48.0 Å². The standard InChI is InChI=1S/C28H34ClF3N4O4/c1-33-24(37)21-7-8-22(34-23(21)29)36-15-12-26(13-16-36)11-9-18(26)10-14-35(2)25(38)27(39,28(30,31)32)19-5-4-6-20(17-19)40-3/h4-8,17-18,39H,9-16H2,1-3H3,(H,33,37). The predicted octanol–water partition coefficient (Wildman–Crippen LogP) is 4.40. The molecule has 2 unspecified atom stereocenters. The van der Waals surface area contributed by atoms with Crippen molar-refractivity contribution < 1.29 is 32.6 Å². The SMILES string of the molecule is CNC(=O)c1ccc(N2CCC3(CCC3CCN(C)C(=O)C(O)(c3cccc(OC)c3)C(F)(F)F)CC2)nc1Cl. The average Bonchev–Trinajstić information content (AvgIpc) is 2.94. The number of likely N-dealkylation sites (N-methyl/N-ethyl adjacent to an activating group) is 1. The molecule has 0 bridgehead atoms. The lowest BCUT2D eigenvalue weighted by Crippen LogP contribution is -2.55. The fraction of sp³-hybridized carbons (Fsp3) is 0.536. The second-order valence-corrected chi connectivity index (χ2v) is 11.0. The number of benzene rings is 1. The largest absolute Gasteiger partial charge is 0.497 e. The molecular formula is C28H34ClF3N4O4. The van der Waals surface area contributed by atoms with Crippen LogP contribution in [-0.4, -0.2) is 73.8 Å². The Morgan fingerprint density at radius 2 is 1.93 bits per heavy atom. The Bertz CT molecular complexity index is 1250. The zero-order chi connectivity index (χ0) is 29.3. The molecule has 218 valence electrons. The quantitative estimate of drug-likeness (QED) is 0.448. The molecule has 0 radical (unpaired) electrons. The Morgan fingerprint density at radius 3 is 2.48 bits per heavy atom. The van der Waals surface area contributed by atoms with Crippen LogP contribution in [0.15, 0.2) is 36.4 Å². The molecule has 1 saturated carbocycles. The zero-order valence-corrected chi connectivity index (χ0v) is 23.5. The summed E-state index contributed by atoms with van der Waals surface area (Å²) in [6.45, 7) is 1.56. The number of amides is 2. The second kappa shape index (κ2) is 11.4. The molecule has 4 rings (SSSR count). The first-order valence-electron chi connectivity index (χ1n) is 13.2. The zero-order valence-electron chi connectivity index (χ0n) is 22.7. The minimum Gasteiger partial charge on any atom is -0.497 e. The molecule has 12 heteroatoms. The highest BCUT2D eigenvalue weighted by Crippen LogP contribution is 2.55. The number of aromatic nitrogens is 1. The number of ether oxygens (including phenoxy) is 1. The molecule has 1 aromatic carbocycles. The first-order chi connectivity index (χ1) is 18.9. The van der Waals surface area contributed by atoms with Gasteiger partial charge in [0.2, 0.25) is 0 Å². The molecule has 2 amide bonds. The predicted molar refractivity (Wildman–Crippen MR) is 144 cm³/mol. The highest BCUT2D eigenvalue weighted by atomic mass is 35.5. The van der Waals surface area contributed by atoms with Crippen molar-refractivity contribution in [1.82, 2.24) is 15.2 Å². The van der Waals surface area contributed by atoms with E-state index in [2.05, 4.69) is 15.2 Å². The second-order valence-electron chi connectivity index (χ2n) is 10.6. The van der Waals surface area contributed by atoms with Crippen molar-refractivity contribution in [3.8, 4) is 5.75 Å². The van der Waals surface area contributed by atoms with E-state index < -0.39 is 23.2 Å². The number of methoxy groups -OCH3 is 1. The maximum Gasteiger partial charge on any atom is 0.430 e. The van der Waals surface area contributed by atoms with E-state index in [9.17, 15) is 27.9 Å². The molecule has 2 N–H and O–H groups in total. The number of hydrogen-bond donors (Lipinski definition) is 2. The number of carbonyl (C=O) groups is 2. The van der Waals surface area contributed by atoms with E-state index in [4.69, 9.17) is 16.3 Å². The van der Waals surface area contributed by atoms with E-state index in [0.29, 0.717) is 17.8 Å². The maximum atomic E-state index is 14.1. The number of alkyl halides is 3. The maximum absolute atomic E-state index is 14.1. The minimum atomic E-state index is -5.22. The number of pyridine rings is 1. The summed E-state index contributed by atoms with van der Waals surface area (Å²) in [5, 5.41) is 13.4.